The number of nitrogens with one attached hydrogen (secondary N) is 2. The highest BCUT2D eigenvalue weighted by Crippen LogP contribution is 2.29. The third kappa shape index (κ3) is 5.89. The van der Waals surface area contributed by atoms with Crippen molar-refractivity contribution in [2.75, 3.05) is 53.7 Å². The molecule has 0 spiro atoms. The van der Waals surface area contributed by atoms with Gasteiger partial charge >= 0.3 is 6.03 Å². The number of hydrogen-bond acceptors (Lipinski definition) is 7. The number of amides is 3. The highest BCUT2D eigenvalue weighted by molar-refractivity contribution is 14.1. The summed E-state index contributed by atoms with van der Waals surface area (Å²) in [5.41, 5.74) is 4.51. The van der Waals surface area contributed by atoms with Crippen LogP contribution in [0.3, 0.4) is 0 Å². The number of aromatic nitrogens is 2. The van der Waals surface area contributed by atoms with Gasteiger partial charge in [-0.3, -0.25) is 9.69 Å². The van der Waals surface area contributed by atoms with E-state index in [1.807, 2.05) is 24.3 Å². The predicted octanol–water partition coefficient (Wildman–Crippen LogP) is 4.39. The fourth-order valence-corrected chi connectivity index (χ4v) is 4.89. The second-order valence-corrected chi connectivity index (χ2v) is 10.6. The van der Waals surface area contributed by atoms with E-state index in [0.717, 1.165) is 43.0 Å². The van der Waals surface area contributed by atoms with Gasteiger partial charge in [-0.25, -0.2) is 12.9 Å². The number of benzene rings is 2. The summed E-state index contributed by atoms with van der Waals surface area (Å²) in [7, 11) is 1.76. The Kier molecular flexibility index (Phi) is 7.74. The van der Waals surface area contributed by atoms with Crippen molar-refractivity contribution in [3.05, 3.63) is 78.5 Å². The van der Waals surface area contributed by atoms with E-state index in [-0.39, 0.29) is 11.9 Å². The van der Waals surface area contributed by atoms with Gasteiger partial charge in [-0.1, -0.05) is 18.7 Å². The maximum atomic E-state index is 13.1. The summed E-state index contributed by atoms with van der Waals surface area (Å²) < 4.78 is 2.31. The van der Waals surface area contributed by atoms with Crippen molar-refractivity contribution < 1.29 is 9.59 Å². The van der Waals surface area contributed by atoms with Gasteiger partial charge in [-0.05, 0) is 48.0 Å². The molecule has 1 aromatic heterocycles. The van der Waals surface area contributed by atoms with Crippen LogP contribution in [-0.4, -0.2) is 63.1 Å². The van der Waals surface area contributed by atoms with E-state index in [9.17, 15) is 9.59 Å². The van der Waals surface area contributed by atoms with E-state index in [1.54, 1.807) is 35.2 Å². The molecule has 3 heterocycles. The van der Waals surface area contributed by atoms with Gasteiger partial charge in [-0.2, -0.15) is 4.98 Å². The van der Waals surface area contributed by atoms with E-state index in [1.165, 1.54) is 11.8 Å². The van der Waals surface area contributed by atoms with Crippen molar-refractivity contribution in [3.8, 4) is 0 Å². The van der Waals surface area contributed by atoms with Crippen molar-refractivity contribution in [1.82, 2.24) is 18.0 Å². The number of hydrogen-bond donors (Lipinski definition) is 2. The zero-order chi connectivity index (χ0) is 26.6. The van der Waals surface area contributed by atoms with Crippen molar-refractivity contribution in [2.45, 2.75) is 13.1 Å². The standard InChI is InChI=1S/C27H29IN8O2/c1-3-24(37)30-21-6-4-19(5-7-21)17-36-25-20(18-33(2)27(36)38)16-29-26(32-25)31-22-8-10-23(11-9-22)34-12-14-35(28)15-13-34/h3-11,16H,1,12-15,17-18H2,2H3,(H,30,37)(H,29,31,32). The Labute approximate surface area is 235 Å². The van der Waals surface area contributed by atoms with Crippen molar-refractivity contribution in [3.63, 3.8) is 0 Å². The first-order valence-electron chi connectivity index (χ1n) is 12.3. The van der Waals surface area contributed by atoms with Crippen LogP contribution in [0.1, 0.15) is 11.1 Å². The second kappa shape index (κ2) is 11.4. The van der Waals surface area contributed by atoms with Crippen LogP contribution in [0, 0.1) is 0 Å². The number of fused-ring (bicyclic) bond motifs is 1. The Balaban J connectivity index is 1.32. The van der Waals surface area contributed by atoms with Gasteiger partial charge in [0.25, 0.3) is 0 Å². The molecule has 0 saturated carbocycles. The highest BCUT2D eigenvalue weighted by atomic mass is 127. The Morgan fingerprint density at radius 3 is 2.42 bits per heavy atom. The average Bonchev–Trinajstić information content (AvgIpc) is 2.93. The van der Waals surface area contributed by atoms with Crippen molar-refractivity contribution >= 4 is 63.6 Å². The van der Waals surface area contributed by atoms with E-state index in [2.05, 4.69) is 65.2 Å². The molecule has 0 bridgehead atoms. The number of carbonyl (C=O) groups is 2. The van der Waals surface area contributed by atoms with Crippen molar-refractivity contribution in [1.29, 1.82) is 0 Å². The smallest absolute Gasteiger partial charge is 0.326 e. The molecule has 196 valence electrons. The van der Waals surface area contributed by atoms with Crippen LogP contribution >= 0.6 is 22.9 Å². The molecule has 0 atom stereocenters. The summed E-state index contributed by atoms with van der Waals surface area (Å²) in [6.45, 7) is 8.35. The third-order valence-corrected chi connectivity index (χ3v) is 7.49. The molecule has 0 radical (unpaired) electrons. The lowest BCUT2D eigenvalue weighted by Crippen LogP contribution is -2.45. The third-order valence-electron chi connectivity index (χ3n) is 6.52. The quantitative estimate of drug-likeness (QED) is 0.229. The number of carbonyl (C=O) groups excluding carboxylic acids is 2. The molecule has 0 unspecified atom stereocenters. The molecular weight excluding hydrogens is 595 g/mol. The molecule has 3 amide bonds. The van der Waals surface area contributed by atoms with Gasteiger partial charge in [-0.15, -0.1) is 0 Å². The molecule has 2 N–H and O–H groups in total. The van der Waals surface area contributed by atoms with Crippen LogP contribution in [-0.2, 0) is 17.9 Å². The van der Waals surface area contributed by atoms with Crippen LogP contribution in [0.2, 0.25) is 0 Å². The van der Waals surface area contributed by atoms with Crippen LogP contribution in [0.25, 0.3) is 0 Å². The Bertz CT molecular complexity index is 1320. The topological polar surface area (TPSA) is 96.9 Å². The molecule has 3 aromatic rings. The van der Waals surface area contributed by atoms with Crippen molar-refractivity contribution in [2.24, 2.45) is 0 Å². The summed E-state index contributed by atoms with van der Waals surface area (Å²) >= 11 is 2.37. The lowest BCUT2D eigenvalue weighted by atomic mass is 10.1. The van der Waals surface area contributed by atoms with E-state index in [0.29, 0.717) is 30.5 Å². The van der Waals surface area contributed by atoms with Crippen LogP contribution < -0.4 is 20.4 Å². The summed E-state index contributed by atoms with van der Waals surface area (Å²) in [5, 5.41) is 6.01. The molecule has 1 saturated heterocycles. The first kappa shape index (κ1) is 25.9. The van der Waals surface area contributed by atoms with Gasteiger partial charge < -0.3 is 20.4 Å². The SMILES string of the molecule is C=CC(=O)Nc1ccc(CN2C(=O)N(C)Cc3cnc(Nc4ccc(N5CCN(I)CC5)cc4)nc32)cc1. The number of rotatable bonds is 7. The minimum absolute atomic E-state index is 0.137. The minimum atomic E-state index is -0.273. The fourth-order valence-electron chi connectivity index (χ4n) is 4.46. The monoisotopic (exact) mass is 624 g/mol. The Hall–Kier alpha value is -3.71. The molecule has 2 aliphatic heterocycles. The molecule has 11 heteroatoms. The van der Waals surface area contributed by atoms with Gasteiger partial charge in [0.15, 0.2) is 0 Å². The van der Waals surface area contributed by atoms with Crippen LogP contribution in [0.4, 0.5) is 33.6 Å². The largest absolute Gasteiger partial charge is 0.369 e. The van der Waals surface area contributed by atoms with Gasteiger partial charge in [0, 0.05) is 84.9 Å². The van der Waals surface area contributed by atoms with Crippen LogP contribution in [0.5, 0.6) is 0 Å². The molecule has 2 aromatic carbocycles. The maximum absolute atomic E-state index is 13.1. The molecule has 2 aliphatic rings. The van der Waals surface area contributed by atoms with Gasteiger partial charge in [0.05, 0.1) is 13.1 Å². The number of urea groups is 1. The summed E-state index contributed by atoms with van der Waals surface area (Å²) in [6, 6.07) is 15.5. The maximum Gasteiger partial charge on any atom is 0.326 e. The first-order chi connectivity index (χ1) is 18.4. The normalized spacial score (nSPS) is 15.7. The minimum Gasteiger partial charge on any atom is -0.369 e. The van der Waals surface area contributed by atoms with E-state index < -0.39 is 0 Å². The van der Waals surface area contributed by atoms with Gasteiger partial charge in [0.1, 0.15) is 5.82 Å². The Morgan fingerprint density at radius 1 is 1.05 bits per heavy atom. The molecular formula is C27H29IN8O2. The number of nitrogens with zero attached hydrogens (tertiary/aromatic N) is 6. The number of halogens is 1. The lowest BCUT2D eigenvalue weighted by Gasteiger charge is -2.34. The fraction of sp³-hybridized carbons (Fsp3) is 0.259. The highest BCUT2D eigenvalue weighted by Gasteiger charge is 2.30. The lowest BCUT2D eigenvalue weighted by molar-refractivity contribution is -0.111. The number of piperazine rings is 1. The van der Waals surface area contributed by atoms with E-state index in [4.69, 9.17) is 4.98 Å². The summed E-state index contributed by atoms with van der Waals surface area (Å²) in [4.78, 5) is 39.6. The molecule has 5 rings (SSSR count). The summed E-state index contributed by atoms with van der Waals surface area (Å²) in [6.07, 6.45) is 2.99. The predicted molar refractivity (Wildman–Crippen MR) is 158 cm³/mol. The Morgan fingerprint density at radius 2 is 1.74 bits per heavy atom. The zero-order valence-corrected chi connectivity index (χ0v) is 23.3. The molecule has 0 aliphatic carbocycles. The molecule has 10 nitrogen and oxygen atoms in total. The second-order valence-electron chi connectivity index (χ2n) is 9.23. The van der Waals surface area contributed by atoms with Gasteiger partial charge in [0.2, 0.25) is 11.9 Å². The molecule has 38 heavy (non-hydrogen) atoms. The zero-order valence-electron chi connectivity index (χ0n) is 21.1. The molecule has 1 fully saturated rings. The van der Waals surface area contributed by atoms with E-state index >= 15 is 0 Å². The first-order valence-corrected chi connectivity index (χ1v) is 13.3. The summed E-state index contributed by atoms with van der Waals surface area (Å²) in [5.74, 6) is 0.743. The van der Waals surface area contributed by atoms with Crippen LogP contribution in [0.15, 0.2) is 67.4 Å². The number of anilines is 5. The average molecular weight is 624 g/mol.